The van der Waals surface area contributed by atoms with E-state index in [2.05, 4.69) is 37.8 Å². The van der Waals surface area contributed by atoms with Gasteiger partial charge in [0.2, 0.25) is 0 Å². The van der Waals surface area contributed by atoms with Crippen LogP contribution in [0.15, 0.2) is 24.7 Å². The molecule has 0 bridgehead atoms. The average Bonchev–Trinajstić information content (AvgIpc) is 3.12. The first kappa shape index (κ1) is 13.3. The molecule has 0 aromatic carbocycles. The number of H-pyrrole nitrogens is 1. The molecule has 20 heavy (non-hydrogen) atoms. The second-order valence-electron chi connectivity index (χ2n) is 5.11. The van der Waals surface area contributed by atoms with Crippen LogP contribution in [0.5, 0.6) is 0 Å². The van der Waals surface area contributed by atoms with Gasteiger partial charge in [-0.1, -0.05) is 6.92 Å². The predicted molar refractivity (Wildman–Crippen MR) is 75.1 cm³/mol. The lowest BCUT2D eigenvalue weighted by molar-refractivity contribution is -0.0158. The Bertz CT molecular complexity index is 521. The molecule has 0 spiro atoms. The molecule has 6 heteroatoms. The van der Waals surface area contributed by atoms with E-state index in [-0.39, 0.29) is 6.04 Å². The van der Waals surface area contributed by atoms with Crippen LogP contribution in [-0.2, 0) is 17.8 Å². The third kappa shape index (κ3) is 2.76. The van der Waals surface area contributed by atoms with Gasteiger partial charge < -0.3 is 9.30 Å². The second-order valence-corrected chi connectivity index (χ2v) is 5.11. The molecule has 0 amide bonds. The van der Waals surface area contributed by atoms with Crippen molar-refractivity contribution in [3.05, 3.63) is 36.2 Å². The van der Waals surface area contributed by atoms with Crippen LogP contribution < -0.4 is 0 Å². The number of hydrogen-bond acceptors (Lipinski definition) is 4. The van der Waals surface area contributed by atoms with Crippen molar-refractivity contribution in [3.8, 4) is 0 Å². The highest BCUT2D eigenvalue weighted by atomic mass is 16.5. The van der Waals surface area contributed by atoms with Crippen molar-refractivity contribution >= 4 is 0 Å². The zero-order valence-corrected chi connectivity index (χ0v) is 11.8. The molecule has 1 atom stereocenters. The van der Waals surface area contributed by atoms with Crippen LogP contribution in [0.2, 0.25) is 0 Å². The van der Waals surface area contributed by atoms with Crippen LogP contribution in [0.25, 0.3) is 0 Å². The molecular weight excluding hydrogens is 254 g/mol. The highest BCUT2D eigenvalue weighted by Crippen LogP contribution is 2.23. The van der Waals surface area contributed by atoms with Gasteiger partial charge in [0, 0.05) is 31.7 Å². The van der Waals surface area contributed by atoms with Crippen molar-refractivity contribution in [3.63, 3.8) is 0 Å². The SMILES string of the molecule is CCCn1ccnc1CN1CCOC[C@H]1c1ccn[nH]1. The number of nitrogens with one attached hydrogen (secondary N) is 1. The topological polar surface area (TPSA) is 59.0 Å². The first-order chi connectivity index (χ1) is 9.88. The van der Waals surface area contributed by atoms with Gasteiger partial charge in [-0.2, -0.15) is 5.10 Å². The Balaban J connectivity index is 1.75. The quantitative estimate of drug-likeness (QED) is 0.900. The summed E-state index contributed by atoms with van der Waals surface area (Å²) in [6.07, 6.45) is 6.86. The average molecular weight is 275 g/mol. The molecule has 0 radical (unpaired) electrons. The molecule has 1 aliphatic rings. The molecule has 3 rings (SSSR count). The van der Waals surface area contributed by atoms with E-state index in [1.807, 2.05) is 12.3 Å². The van der Waals surface area contributed by atoms with Crippen molar-refractivity contribution in [1.82, 2.24) is 24.6 Å². The van der Waals surface area contributed by atoms with Crippen LogP contribution in [0.3, 0.4) is 0 Å². The van der Waals surface area contributed by atoms with E-state index in [9.17, 15) is 0 Å². The van der Waals surface area contributed by atoms with Crippen molar-refractivity contribution in [2.45, 2.75) is 32.5 Å². The monoisotopic (exact) mass is 275 g/mol. The lowest BCUT2D eigenvalue weighted by Crippen LogP contribution is -2.39. The van der Waals surface area contributed by atoms with Gasteiger partial charge in [0.1, 0.15) is 5.82 Å². The van der Waals surface area contributed by atoms with Gasteiger partial charge in [-0.15, -0.1) is 0 Å². The number of rotatable bonds is 5. The fourth-order valence-corrected chi connectivity index (χ4v) is 2.68. The molecule has 1 aliphatic heterocycles. The summed E-state index contributed by atoms with van der Waals surface area (Å²) >= 11 is 0. The first-order valence-electron chi connectivity index (χ1n) is 7.19. The number of ether oxygens (including phenoxy) is 1. The Morgan fingerprint density at radius 1 is 1.45 bits per heavy atom. The first-order valence-corrected chi connectivity index (χ1v) is 7.19. The fourth-order valence-electron chi connectivity index (χ4n) is 2.68. The van der Waals surface area contributed by atoms with Gasteiger partial charge in [-0.3, -0.25) is 10.00 Å². The lowest BCUT2D eigenvalue weighted by atomic mass is 10.1. The predicted octanol–water partition coefficient (Wildman–Crippen LogP) is 1.59. The van der Waals surface area contributed by atoms with Crippen molar-refractivity contribution in [2.75, 3.05) is 19.8 Å². The summed E-state index contributed by atoms with van der Waals surface area (Å²) in [7, 11) is 0. The molecule has 2 aromatic rings. The van der Waals surface area contributed by atoms with E-state index in [1.165, 1.54) is 0 Å². The van der Waals surface area contributed by atoms with Crippen LogP contribution in [0.4, 0.5) is 0 Å². The van der Waals surface area contributed by atoms with E-state index in [4.69, 9.17) is 4.74 Å². The van der Waals surface area contributed by atoms with Crippen LogP contribution in [0.1, 0.15) is 30.9 Å². The normalized spacial score (nSPS) is 20.4. The highest BCUT2D eigenvalue weighted by molar-refractivity contribution is 5.07. The smallest absolute Gasteiger partial charge is 0.122 e. The van der Waals surface area contributed by atoms with E-state index >= 15 is 0 Å². The van der Waals surface area contributed by atoms with Crippen molar-refractivity contribution < 1.29 is 4.74 Å². The number of nitrogens with zero attached hydrogens (tertiary/aromatic N) is 4. The molecule has 1 saturated heterocycles. The maximum absolute atomic E-state index is 5.62. The number of hydrogen-bond donors (Lipinski definition) is 1. The van der Waals surface area contributed by atoms with Gasteiger partial charge >= 0.3 is 0 Å². The van der Waals surface area contributed by atoms with Gasteiger partial charge in [0.25, 0.3) is 0 Å². The number of imidazole rings is 1. The maximum Gasteiger partial charge on any atom is 0.122 e. The third-order valence-corrected chi connectivity index (χ3v) is 3.73. The van der Waals surface area contributed by atoms with Gasteiger partial charge in [0.05, 0.1) is 31.5 Å². The Labute approximate surface area is 118 Å². The summed E-state index contributed by atoms with van der Waals surface area (Å²) in [4.78, 5) is 6.91. The summed E-state index contributed by atoms with van der Waals surface area (Å²) < 4.78 is 7.85. The highest BCUT2D eigenvalue weighted by Gasteiger charge is 2.26. The summed E-state index contributed by atoms with van der Waals surface area (Å²) in [6.45, 7) is 6.46. The van der Waals surface area contributed by atoms with E-state index < -0.39 is 0 Å². The summed E-state index contributed by atoms with van der Waals surface area (Å²) in [6, 6.07) is 2.25. The summed E-state index contributed by atoms with van der Waals surface area (Å²) in [5.41, 5.74) is 1.11. The van der Waals surface area contributed by atoms with E-state index in [1.54, 1.807) is 6.20 Å². The lowest BCUT2D eigenvalue weighted by Gasteiger charge is -2.34. The molecule has 1 N–H and O–H groups in total. The number of aromatic amines is 1. The summed E-state index contributed by atoms with van der Waals surface area (Å²) in [5, 5.41) is 7.11. The molecule has 2 aromatic heterocycles. The number of morpholine rings is 1. The van der Waals surface area contributed by atoms with Gasteiger partial charge in [0.15, 0.2) is 0 Å². The standard InChI is InChI=1S/C14H21N5O/c1-2-6-18-7-5-15-14(18)10-19-8-9-20-11-13(19)12-3-4-16-17-12/h3-5,7,13H,2,6,8-11H2,1H3,(H,16,17)/t13-/m0/s1. The molecule has 3 heterocycles. The van der Waals surface area contributed by atoms with Crippen molar-refractivity contribution in [2.24, 2.45) is 0 Å². The minimum Gasteiger partial charge on any atom is -0.378 e. The fraction of sp³-hybridized carbons (Fsp3) is 0.571. The van der Waals surface area contributed by atoms with E-state index in [0.717, 1.165) is 44.2 Å². The van der Waals surface area contributed by atoms with Crippen molar-refractivity contribution in [1.29, 1.82) is 0 Å². The summed E-state index contributed by atoms with van der Waals surface area (Å²) in [5.74, 6) is 1.12. The molecule has 6 nitrogen and oxygen atoms in total. The minimum atomic E-state index is 0.234. The minimum absolute atomic E-state index is 0.234. The Morgan fingerprint density at radius 2 is 2.40 bits per heavy atom. The van der Waals surface area contributed by atoms with Gasteiger partial charge in [-0.25, -0.2) is 4.98 Å². The number of aryl methyl sites for hydroxylation is 1. The van der Waals surface area contributed by atoms with Gasteiger partial charge in [-0.05, 0) is 12.5 Å². The zero-order chi connectivity index (χ0) is 13.8. The van der Waals surface area contributed by atoms with E-state index in [0.29, 0.717) is 6.61 Å². The van der Waals surface area contributed by atoms with Crippen LogP contribution in [-0.4, -0.2) is 44.4 Å². The molecular formula is C14H21N5O. The molecule has 108 valence electrons. The number of aromatic nitrogens is 4. The maximum atomic E-state index is 5.62. The molecule has 1 fully saturated rings. The Morgan fingerprint density at radius 3 is 3.20 bits per heavy atom. The van der Waals surface area contributed by atoms with Crippen LogP contribution >= 0.6 is 0 Å². The van der Waals surface area contributed by atoms with Crippen LogP contribution in [0, 0.1) is 0 Å². The Hall–Kier alpha value is -1.66. The Kier molecular flexibility index (Phi) is 4.13. The third-order valence-electron chi connectivity index (χ3n) is 3.73. The second kappa shape index (κ2) is 6.19. The largest absolute Gasteiger partial charge is 0.378 e. The molecule has 0 aliphatic carbocycles. The molecule has 0 unspecified atom stereocenters. The zero-order valence-electron chi connectivity index (χ0n) is 11.8. The molecule has 0 saturated carbocycles.